The first kappa shape index (κ1) is 19.1. The third-order valence-electron chi connectivity index (χ3n) is 3.71. The number of nitrogens with one attached hydrogen (secondary N) is 3. The fraction of sp³-hybridized carbons (Fsp3) is 0.278. The average Bonchev–Trinajstić information content (AvgIpc) is 2.61. The molecule has 25 heavy (non-hydrogen) atoms. The molecular formula is C18H23N3O3S. The van der Waals surface area contributed by atoms with Crippen LogP contribution in [0, 0.1) is 6.92 Å². The van der Waals surface area contributed by atoms with E-state index in [2.05, 4.69) is 15.4 Å². The minimum Gasteiger partial charge on any atom is -0.351 e. The van der Waals surface area contributed by atoms with E-state index in [4.69, 9.17) is 0 Å². The number of likely N-dealkylation sites (N-methyl/N-ethyl adjacent to an activating group) is 1. The molecule has 2 aromatic carbocycles. The van der Waals surface area contributed by atoms with E-state index in [-0.39, 0.29) is 17.3 Å². The van der Waals surface area contributed by atoms with Crippen LogP contribution in [0.5, 0.6) is 0 Å². The van der Waals surface area contributed by atoms with Crippen LogP contribution >= 0.6 is 0 Å². The fourth-order valence-corrected chi connectivity index (χ4v) is 3.57. The monoisotopic (exact) mass is 361 g/mol. The number of carbonyl (C=O) groups excluding carboxylic acids is 1. The van der Waals surface area contributed by atoms with Crippen LogP contribution in [0.15, 0.2) is 53.4 Å². The summed E-state index contributed by atoms with van der Waals surface area (Å²) in [5.74, 6) is -0.297. The van der Waals surface area contributed by atoms with Crippen molar-refractivity contribution >= 4 is 15.9 Å². The Morgan fingerprint density at radius 3 is 2.44 bits per heavy atom. The lowest BCUT2D eigenvalue weighted by atomic mass is 10.1. The van der Waals surface area contributed by atoms with Crippen molar-refractivity contribution in [3.8, 4) is 0 Å². The zero-order valence-electron chi connectivity index (χ0n) is 14.4. The first-order chi connectivity index (χ1) is 11.9. The van der Waals surface area contributed by atoms with Crippen molar-refractivity contribution in [2.45, 2.75) is 18.4 Å². The van der Waals surface area contributed by atoms with Gasteiger partial charge in [-0.2, -0.15) is 0 Å². The normalized spacial score (nSPS) is 11.3. The summed E-state index contributed by atoms with van der Waals surface area (Å²) in [4.78, 5) is 12.3. The van der Waals surface area contributed by atoms with Gasteiger partial charge in [-0.15, -0.1) is 0 Å². The minimum atomic E-state index is -3.71. The van der Waals surface area contributed by atoms with Crippen LogP contribution in [-0.4, -0.2) is 34.5 Å². The van der Waals surface area contributed by atoms with Crippen LogP contribution in [0.4, 0.5) is 0 Å². The summed E-state index contributed by atoms with van der Waals surface area (Å²) in [6.45, 7) is 3.01. The molecule has 0 spiro atoms. The Bertz CT molecular complexity index is 821. The van der Waals surface area contributed by atoms with Crippen molar-refractivity contribution in [2.24, 2.45) is 0 Å². The molecule has 134 valence electrons. The molecular weight excluding hydrogens is 338 g/mol. The molecule has 0 saturated carbocycles. The molecule has 0 fully saturated rings. The van der Waals surface area contributed by atoms with E-state index < -0.39 is 10.0 Å². The van der Waals surface area contributed by atoms with Crippen molar-refractivity contribution in [2.75, 3.05) is 20.1 Å². The van der Waals surface area contributed by atoms with Gasteiger partial charge in [-0.3, -0.25) is 4.79 Å². The maximum atomic E-state index is 12.6. The molecule has 0 aliphatic heterocycles. The molecule has 0 aromatic heterocycles. The van der Waals surface area contributed by atoms with Gasteiger partial charge in [-0.05, 0) is 37.2 Å². The van der Waals surface area contributed by atoms with Gasteiger partial charge in [0.25, 0.3) is 5.91 Å². The number of rotatable bonds is 8. The van der Waals surface area contributed by atoms with Crippen LogP contribution in [-0.2, 0) is 16.6 Å². The van der Waals surface area contributed by atoms with Crippen molar-refractivity contribution in [1.82, 2.24) is 15.4 Å². The van der Waals surface area contributed by atoms with E-state index in [1.54, 1.807) is 26.1 Å². The summed E-state index contributed by atoms with van der Waals surface area (Å²) >= 11 is 0. The SMILES string of the molecule is CNCCNC(=O)c1ccc(C)c(S(=O)(=O)NCc2ccccc2)c1. The topological polar surface area (TPSA) is 87.3 Å². The summed E-state index contributed by atoms with van der Waals surface area (Å²) in [6.07, 6.45) is 0. The van der Waals surface area contributed by atoms with Gasteiger partial charge in [0.2, 0.25) is 10.0 Å². The quantitative estimate of drug-likeness (QED) is 0.621. The highest BCUT2D eigenvalue weighted by molar-refractivity contribution is 7.89. The Morgan fingerprint density at radius 2 is 1.76 bits per heavy atom. The van der Waals surface area contributed by atoms with E-state index in [1.165, 1.54) is 6.07 Å². The van der Waals surface area contributed by atoms with Gasteiger partial charge in [0, 0.05) is 25.2 Å². The number of carbonyl (C=O) groups is 1. The number of sulfonamides is 1. The lowest BCUT2D eigenvalue weighted by molar-refractivity contribution is 0.0954. The van der Waals surface area contributed by atoms with E-state index >= 15 is 0 Å². The molecule has 0 radical (unpaired) electrons. The maximum absolute atomic E-state index is 12.6. The zero-order chi connectivity index (χ0) is 18.3. The van der Waals surface area contributed by atoms with Crippen molar-refractivity contribution in [3.05, 3.63) is 65.2 Å². The van der Waals surface area contributed by atoms with Gasteiger partial charge in [0.1, 0.15) is 0 Å². The Labute approximate surface area is 148 Å². The van der Waals surface area contributed by atoms with Crippen LogP contribution in [0.1, 0.15) is 21.5 Å². The van der Waals surface area contributed by atoms with Gasteiger partial charge in [0.15, 0.2) is 0 Å². The molecule has 3 N–H and O–H groups in total. The molecule has 0 aliphatic carbocycles. The number of hydrogen-bond acceptors (Lipinski definition) is 4. The second kappa shape index (κ2) is 8.75. The number of amides is 1. The molecule has 0 heterocycles. The second-order valence-electron chi connectivity index (χ2n) is 5.65. The van der Waals surface area contributed by atoms with Crippen LogP contribution in [0.25, 0.3) is 0 Å². The lowest BCUT2D eigenvalue weighted by Crippen LogP contribution is -2.31. The van der Waals surface area contributed by atoms with Gasteiger partial charge in [-0.1, -0.05) is 36.4 Å². The largest absolute Gasteiger partial charge is 0.351 e. The number of aryl methyl sites for hydroxylation is 1. The number of hydrogen-bond donors (Lipinski definition) is 3. The predicted octanol–water partition coefficient (Wildman–Crippen LogP) is 1.42. The van der Waals surface area contributed by atoms with Crippen molar-refractivity contribution in [3.63, 3.8) is 0 Å². The highest BCUT2D eigenvalue weighted by Gasteiger charge is 2.18. The molecule has 0 aliphatic rings. The molecule has 2 aromatic rings. The molecule has 6 nitrogen and oxygen atoms in total. The highest BCUT2D eigenvalue weighted by atomic mass is 32.2. The van der Waals surface area contributed by atoms with Crippen molar-refractivity contribution < 1.29 is 13.2 Å². The first-order valence-corrected chi connectivity index (χ1v) is 9.49. The van der Waals surface area contributed by atoms with E-state index in [0.29, 0.717) is 24.2 Å². The van der Waals surface area contributed by atoms with Gasteiger partial charge >= 0.3 is 0 Å². The van der Waals surface area contributed by atoms with Crippen LogP contribution in [0.3, 0.4) is 0 Å². The lowest BCUT2D eigenvalue weighted by Gasteiger charge is -2.11. The van der Waals surface area contributed by atoms with Crippen LogP contribution < -0.4 is 15.4 Å². The molecule has 1 amide bonds. The van der Waals surface area contributed by atoms with Crippen LogP contribution in [0.2, 0.25) is 0 Å². The first-order valence-electron chi connectivity index (χ1n) is 8.01. The third kappa shape index (κ3) is 5.38. The second-order valence-corrected chi connectivity index (χ2v) is 7.39. The number of benzene rings is 2. The van der Waals surface area contributed by atoms with E-state index in [9.17, 15) is 13.2 Å². The maximum Gasteiger partial charge on any atom is 0.251 e. The summed E-state index contributed by atoms with van der Waals surface area (Å²) in [5.41, 5.74) is 1.78. The Balaban J connectivity index is 2.16. The Morgan fingerprint density at radius 1 is 1.04 bits per heavy atom. The molecule has 0 unspecified atom stereocenters. The molecule has 0 bridgehead atoms. The smallest absolute Gasteiger partial charge is 0.251 e. The fourth-order valence-electron chi connectivity index (χ4n) is 2.29. The molecule has 7 heteroatoms. The highest BCUT2D eigenvalue weighted by Crippen LogP contribution is 2.17. The summed E-state index contributed by atoms with van der Waals surface area (Å²) in [7, 11) is -1.92. The summed E-state index contributed by atoms with van der Waals surface area (Å²) < 4.78 is 27.8. The molecule has 0 saturated heterocycles. The van der Waals surface area contributed by atoms with Gasteiger partial charge in [-0.25, -0.2) is 13.1 Å². The standard InChI is InChI=1S/C18H23N3O3S/c1-14-8-9-16(18(22)20-11-10-19-2)12-17(14)25(23,24)21-13-15-6-4-3-5-7-15/h3-9,12,19,21H,10-11,13H2,1-2H3,(H,20,22). The zero-order valence-corrected chi connectivity index (χ0v) is 15.2. The molecule has 2 rings (SSSR count). The van der Waals surface area contributed by atoms with E-state index in [0.717, 1.165) is 5.56 Å². The van der Waals surface area contributed by atoms with Crippen molar-refractivity contribution in [1.29, 1.82) is 0 Å². The average molecular weight is 361 g/mol. The Hall–Kier alpha value is -2.22. The Kier molecular flexibility index (Phi) is 6.69. The van der Waals surface area contributed by atoms with Gasteiger partial charge in [0.05, 0.1) is 4.90 Å². The van der Waals surface area contributed by atoms with E-state index in [1.807, 2.05) is 30.3 Å². The molecule has 0 atom stereocenters. The summed E-state index contributed by atoms with van der Waals surface area (Å²) in [6, 6.07) is 14.0. The predicted molar refractivity (Wildman–Crippen MR) is 97.9 cm³/mol. The minimum absolute atomic E-state index is 0.115. The van der Waals surface area contributed by atoms with Gasteiger partial charge < -0.3 is 10.6 Å². The summed E-state index contributed by atoms with van der Waals surface area (Å²) in [5, 5.41) is 5.67. The third-order valence-corrected chi connectivity index (χ3v) is 5.25.